The van der Waals surface area contributed by atoms with E-state index in [1.165, 1.54) is 306 Å². The first-order valence-corrected chi connectivity index (χ1v) is 50.8. The lowest BCUT2D eigenvalue weighted by atomic mass is 10.1. The summed E-state index contributed by atoms with van der Waals surface area (Å²) in [4.78, 5) is 74.4. The summed E-state index contributed by atoms with van der Waals surface area (Å²) in [5, 5.41) is 25.8. The van der Waals surface area contributed by atoms with Crippen molar-refractivity contribution in [1.82, 2.24) is 9.55 Å². The molecule has 0 aliphatic heterocycles. The van der Waals surface area contributed by atoms with E-state index in [-0.39, 0.29) is 43.0 Å². The summed E-state index contributed by atoms with van der Waals surface area (Å²) in [7, 11) is 2.48. The molecule has 0 bridgehead atoms. The number of hydrogen-bond donors (Lipinski definition) is 3. The number of aliphatic hydroxyl groups is 2. The molecule has 1 rings (SSSR count). The maximum atomic E-state index is 12.6. The van der Waals surface area contributed by atoms with E-state index in [0.29, 0.717) is 27.8 Å². The van der Waals surface area contributed by atoms with Gasteiger partial charge in [-0.2, -0.15) is 47.0 Å². The molecule has 4 atom stereocenters. The molecule has 2 unspecified atom stereocenters. The van der Waals surface area contributed by atoms with Crippen LogP contribution in [0.1, 0.15) is 341 Å². The fraction of sp³-hybridized carbons (Fsp3) is 0.916. The summed E-state index contributed by atoms with van der Waals surface area (Å²) >= 11 is 6.32. The molecule has 0 saturated carbocycles. The molecule has 3 N–H and O–H groups in total. The fourth-order valence-corrected chi connectivity index (χ4v) is 15.8. The largest absolute Gasteiger partial charge is 0.756 e. The molecule has 654 valence electrons. The highest BCUT2D eigenvalue weighted by Crippen LogP contribution is 2.39. The molecule has 21 nitrogen and oxygen atoms in total. The first-order chi connectivity index (χ1) is 52.8. The smallest absolute Gasteiger partial charge is 0.316 e. The van der Waals surface area contributed by atoms with Crippen molar-refractivity contribution >= 4 is 86.5 Å². The SMILES string of the molecule is CCCCCCCCCCCCCCSCC(=O)O.CCCCCCCCCCCCCCSCC(=O)OC[C@H](COP(=O)([O-])OCC[N+](C)(C)C)OC(=O)CSCCCCCCCCCCCCCC.CCCCCCCCCCCCCCSCC(=O)n1ccnc1.C[N+](C)(C)CCOP(=O)([O-])OC[C@H](O)CO. The third-order valence-electron chi connectivity index (χ3n) is 18.1. The number of rotatable bonds is 78. The lowest BCUT2D eigenvalue weighted by molar-refractivity contribution is -0.870. The summed E-state index contributed by atoms with van der Waals surface area (Å²) < 4.78 is 56.0. The summed E-state index contributed by atoms with van der Waals surface area (Å²) in [5.41, 5.74) is 0. The first-order valence-electron chi connectivity index (χ1n) is 43.3. The van der Waals surface area contributed by atoms with Gasteiger partial charge in [-0.15, -0.1) is 0 Å². The van der Waals surface area contributed by atoms with E-state index in [4.69, 9.17) is 33.8 Å². The van der Waals surface area contributed by atoms with Crippen molar-refractivity contribution in [2.75, 3.05) is 141 Å². The number of esters is 2. The number of carboxylic acids is 1. The minimum Gasteiger partial charge on any atom is -0.756 e. The molecular formula is C83H166N4O17P2S4. The second-order valence-electron chi connectivity index (χ2n) is 31.3. The van der Waals surface area contributed by atoms with Gasteiger partial charge in [0.05, 0.1) is 85.1 Å². The molecule has 0 spiro atoms. The zero-order chi connectivity index (χ0) is 82.2. The number of phosphoric ester groups is 2. The van der Waals surface area contributed by atoms with Crippen LogP contribution in [0.4, 0.5) is 0 Å². The lowest BCUT2D eigenvalue weighted by Gasteiger charge is -2.28. The molecule has 110 heavy (non-hydrogen) atoms. The number of aromatic nitrogens is 2. The second-order valence-corrected chi connectivity index (χ2v) is 38.6. The van der Waals surface area contributed by atoms with Crippen LogP contribution in [-0.2, 0) is 51.1 Å². The molecule has 0 aliphatic carbocycles. The Hall–Kier alpha value is -1.25. The zero-order valence-corrected chi connectivity index (χ0v) is 76.6. The molecular weight excluding hydrogens is 1520 g/mol. The van der Waals surface area contributed by atoms with Crippen molar-refractivity contribution < 1.29 is 89.9 Å². The number of thioether (sulfide) groups is 4. The highest BCUT2D eigenvalue weighted by atomic mass is 32.2. The number of hydrogen-bond acceptors (Lipinski definition) is 21. The van der Waals surface area contributed by atoms with Crippen molar-refractivity contribution in [3.05, 3.63) is 18.7 Å². The standard InChI is InChI=1S/C40H80NO8PS2.C19H34N2OS.C16H32O2S.C8H20NO6P/c1-6-8-10-12-14-16-18-20-22-24-26-28-32-51-36-39(42)46-34-38(35-48-50(44,45)47-31-30-41(3,4)5)49-40(43)37-52-33-29-27-25-23-21-19-17-15-13-11-9-7-2;1-2-3-4-5-6-7-8-9-10-11-12-13-16-23-17-19(22)21-15-14-20-18-21;1-2-3-4-5-6-7-8-9-10-11-12-13-14-19-15-16(17)18;1-9(2,3)4-5-14-16(12,13)15-7-8(11)6-10/h38H,6-37H2,1-5H3;14-15,18H,2-13,16-17H2,1H3;2-15H2,1H3,(H,17,18);8,10-11H,4-7H2,1-3H3/t38-;;;8-/m1..1/s1. The summed E-state index contributed by atoms with van der Waals surface area (Å²) in [6.07, 6.45) is 66.5. The average Bonchev–Trinajstić information content (AvgIpc) is 1.17. The monoisotopic (exact) mass is 1680 g/mol. The highest BCUT2D eigenvalue weighted by Gasteiger charge is 2.23. The van der Waals surface area contributed by atoms with E-state index >= 15 is 0 Å². The maximum absolute atomic E-state index is 12.6. The molecule has 1 heterocycles. The van der Waals surface area contributed by atoms with Crippen LogP contribution in [0.25, 0.3) is 0 Å². The summed E-state index contributed by atoms with van der Waals surface area (Å²) in [6.45, 7) is 8.21. The summed E-state index contributed by atoms with van der Waals surface area (Å²) in [5.74, 6) is 3.54. The van der Waals surface area contributed by atoms with E-state index < -0.39 is 65.6 Å². The Morgan fingerprint density at radius 1 is 0.418 bits per heavy atom. The maximum Gasteiger partial charge on any atom is 0.316 e. The van der Waals surface area contributed by atoms with Gasteiger partial charge in [0.25, 0.3) is 15.6 Å². The van der Waals surface area contributed by atoms with Crippen LogP contribution >= 0.6 is 62.7 Å². The van der Waals surface area contributed by atoms with Gasteiger partial charge < -0.3 is 61.6 Å². The van der Waals surface area contributed by atoms with E-state index in [0.717, 1.165) is 48.7 Å². The van der Waals surface area contributed by atoms with Crippen LogP contribution in [0.2, 0.25) is 0 Å². The molecule has 0 radical (unpaired) electrons. The number of imidazole rings is 1. The Labute approximate surface area is 689 Å². The fourth-order valence-electron chi connectivity index (χ4n) is 11.2. The number of carbonyl (C=O) groups excluding carboxylic acids is 3. The van der Waals surface area contributed by atoms with Gasteiger partial charge in [-0.3, -0.25) is 32.9 Å². The van der Waals surface area contributed by atoms with Gasteiger partial charge in [0, 0.05) is 12.4 Å². The third-order valence-corrected chi connectivity index (χ3v) is 24.1. The number of likely N-dealkylation sites (N-methyl/N-ethyl adjacent to an activating group) is 2. The molecule has 0 aromatic carbocycles. The van der Waals surface area contributed by atoms with Gasteiger partial charge in [0.2, 0.25) is 5.91 Å². The van der Waals surface area contributed by atoms with Gasteiger partial charge in [-0.25, -0.2) is 4.98 Å². The van der Waals surface area contributed by atoms with Crippen LogP contribution in [0.3, 0.4) is 0 Å². The van der Waals surface area contributed by atoms with Crippen LogP contribution in [-0.4, -0.2) is 211 Å². The van der Waals surface area contributed by atoms with Crippen molar-refractivity contribution in [3.63, 3.8) is 0 Å². The van der Waals surface area contributed by atoms with Crippen LogP contribution in [0, 0.1) is 0 Å². The third kappa shape index (κ3) is 93.9. The Morgan fingerprint density at radius 3 is 1.00 bits per heavy atom. The first kappa shape index (κ1) is 113. The molecule has 0 saturated heterocycles. The molecule has 0 aliphatic rings. The van der Waals surface area contributed by atoms with E-state index in [1.54, 1.807) is 46.8 Å². The van der Waals surface area contributed by atoms with E-state index in [1.807, 2.05) is 42.3 Å². The van der Waals surface area contributed by atoms with Crippen LogP contribution in [0.5, 0.6) is 0 Å². The number of phosphoric acid groups is 2. The predicted molar refractivity (Wildman–Crippen MR) is 463 cm³/mol. The number of aliphatic carboxylic acids is 1. The normalized spacial score (nSPS) is 13.2. The second kappa shape index (κ2) is 82.8. The van der Waals surface area contributed by atoms with Crippen LogP contribution in [0.15, 0.2) is 18.7 Å². The Kier molecular flexibility index (Phi) is 85.0. The van der Waals surface area contributed by atoms with E-state index in [9.17, 15) is 38.1 Å². The number of quaternary nitrogens is 2. The zero-order valence-electron chi connectivity index (χ0n) is 71.5. The molecule has 1 aromatic heterocycles. The Balaban J connectivity index is -0.00000161. The Bertz CT molecular complexity index is 2260. The van der Waals surface area contributed by atoms with Crippen LogP contribution < -0.4 is 9.79 Å². The van der Waals surface area contributed by atoms with Crippen molar-refractivity contribution in [2.45, 2.75) is 348 Å². The van der Waals surface area contributed by atoms with Gasteiger partial charge in [-0.05, 0) is 48.7 Å². The van der Waals surface area contributed by atoms with Crippen molar-refractivity contribution in [1.29, 1.82) is 0 Å². The summed E-state index contributed by atoms with van der Waals surface area (Å²) in [6, 6.07) is 0. The minimum absolute atomic E-state index is 0.0134. The molecule has 1 aromatic rings. The lowest BCUT2D eigenvalue weighted by Crippen LogP contribution is -2.37. The van der Waals surface area contributed by atoms with E-state index in [2.05, 4.69) is 41.7 Å². The van der Waals surface area contributed by atoms with Crippen molar-refractivity contribution in [3.8, 4) is 0 Å². The van der Waals surface area contributed by atoms with Gasteiger partial charge >= 0.3 is 17.9 Å². The topological polar surface area (TPSA) is 282 Å². The van der Waals surface area contributed by atoms with Gasteiger partial charge in [0.1, 0.15) is 45.3 Å². The molecule has 0 amide bonds. The minimum atomic E-state index is -4.62. The Morgan fingerprint density at radius 2 is 0.709 bits per heavy atom. The molecule has 27 heteroatoms. The molecule has 0 fully saturated rings. The van der Waals surface area contributed by atoms with Crippen molar-refractivity contribution in [2.24, 2.45) is 0 Å². The number of nitrogens with zero attached hydrogens (tertiary/aromatic N) is 4. The van der Waals surface area contributed by atoms with Gasteiger partial charge in [-0.1, -0.05) is 310 Å². The highest BCUT2D eigenvalue weighted by molar-refractivity contribution is 8.00. The number of unbranched alkanes of at least 4 members (excludes halogenated alkanes) is 44. The number of carboxylic acid groups (broad SMARTS) is 1. The average molecular weight is 1680 g/mol. The number of ether oxygens (including phenoxy) is 2. The number of aliphatic hydroxyl groups excluding tert-OH is 2. The number of carbonyl (C=O) groups is 4. The quantitative estimate of drug-likeness (QED) is 0.0236. The van der Waals surface area contributed by atoms with Gasteiger partial charge in [0.15, 0.2) is 6.10 Å². The predicted octanol–water partition coefficient (Wildman–Crippen LogP) is 20.5.